The van der Waals surface area contributed by atoms with Crippen LogP contribution in [0.4, 0.5) is 4.79 Å². The summed E-state index contributed by atoms with van der Waals surface area (Å²) in [5, 5.41) is 3.00. The summed E-state index contributed by atoms with van der Waals surface area (Å²) in [6.07, 6.45) is 5.84. The molecule has 1 saturated heterocycles. The summed E-state index contributed by atoms with van der Waals surface area (Å²) >= 11 is 0. The summed E-state index contributed by atoms with van der Waals surface area (Å²) in [6.45, 7) is 2.35. The minimum atomic E-state index is -0.595. The van der Waals surface area contributed by atoms with E-state index in [9.17, 15) is 9.59 Å². The first kappa shape index (κ1) is 14.7. The second-order valence-corrected chi connectivity index (χ2v) is 7.16. The molecule has 1 aliphatic carbocycles. The largest absolute Gasteiger partial charge is 0.329 e. The Hall–Kier alpha value is -1.88. The van der Waals surface area contributed by atoms with Crippen molar-refractivity contribution >= 4 is 11.9 Å². The van der Waals surface area contributed by atoms with Crippen LogP contribution >= 0.6 is 0 Å². The maximum atomic E-state index is 12.8. The lowest BCUT2D eigenvalue weighted by Gasteiger charge is -2.31. The van der Waals surface area contributed by atoms with E-state index in [1.807, 2.05) is 0 Å². The van der Waals surface area contributed by atoms with E-state index in [0.717, 1.165) is 45.2 Å². The molecule has 5 nitrogen and oxygen atoms in total. The standard InChI is InChI=1S/C18H23N3O2/c22-16-18(9-4-1-5-10-18)19-17(23)21(16)13-20-11-8-14-6-2-3-7-15(14)12-20/h2-3,6-7H,1,4-5,8-13H2,(H,19,23)/p+1. The Labute approximate surface area is 136 Å². The van der Waals surface area contributed by atoms with E-state index in [4.69, 9.17) is 0 Å². The second kappa shape index (κ2) is 5.64. The lowest BCUT2D eigenvalue weighted by atomic mass is 9.82. The van der Waals surface area contributed by atoms with Crippen molar-refractivity contribution in [1.29, 1.82) is 0 Å². The van der Waals surface area contributed by atoms with Gasteiger partial charge in [0.25, 0.3) is 5.91 Å². The number of imide groups is 1. The van der Waals surface area contributed by atoms with Crippen molar-refractivity contribution < 1.29 is 14.5 Å². The van der Waals surface area contributed by atoms with E-state index in [-0.39, 0.29) is 11.9 Å². The number of hydrogen-bond donors (Lipinski definition) is 2. The van der Waals surface area contributed by atoms with Gasteiger partial charge in [0.05, 0.1) is 6.54 Å². The van der Waals surface area contributed by atoms with Gasteiger partial charge in [0.1, 0.15) is 12.1 Å². The highest BCUT2D eigenvalue weighted by molar-refractivity contribution is 6.06. The third kappa shape index (κ3) is 2.53. The number of fused-ring (bicyclic) bond motifs is 1. The number of benzene rings is 1. The fourth-order valence-corrected chi connectivity index (χ4v) is 4.32. The summed E-state index contributed by atoms with van der Waals surface area (Å²) in [7, 11) is 0. The molecule has 2 heterocycles. The molecular weight excluding hydrogens is 290 g/mol. The first-order valence-electron chi connectivity index (χ1n) is 8.72. The normalized spacial score (nSPS) is 26.3. The average Bonchev–Trinajstić information content (AvgIpc) is 2.80. The fourth-order valence-electron chi connectivity index (χ4n) is 4.32. The quantitative estimate of drug-likeness (QED) is 0.795. The minimum Gasteiger partial charge on any atom is -0.323 e. The third-order valence-corrected chi connectivity index (χ3v) is 5.64. The van der Waals surface area contributed by atoms with Crippen LogP contribution in [-0.2, 0) is 17.8 Å². The highest BCUT2D eigenvalue weighted by Crippen LogP contribution is 2.33. The summed E-state index contributed by atoms with van der Waals surface area (Å²) in [5.41, 5.74) is 2.15. The number of carbonyl (C=O) groups excluding carboxylic acids is 2. The molecule has 23 heavy (non-hydrogen) atoms. The maximum Gasteiger partial charge on any atom is 0.329 e. The van der Waals surface area contributed by atoms with E-state index < -0.39 is 5.54 Å². The molecule has 4 rings (SSSR count). The van der Waals surface area contributed by atoms with Gasteiger partial charge in [-0.25, -0.2) is 9.69 Å². The molecule has 1 unspecified atom stereocenters. The summed E-state index contributed by atoms with van der Waals surface area (Å²) in [6, 6.07) is 8.28. The van der Waals surface area contributed by atoms with Gasteiger partial charge >= 0.3 is 6.03 Å². The van der Waals surface area contributed by atoms with Crippen molar-refractivity contribution in [2.75, 3.05) is 13.2 Å². The van der Waals surface area contributed by atoms with Crippen molar-refractivity contribution in [2.24, 2.45) is 0 Å². The lowest BCUT2D eigenvalue weighted by Crippen LogP contribution is -3.13. The molecular formula is C18H24N3O2+. The monoisotopic (exact) mass is 314 g/mol. The molecule has 2 fully saturated rings. The summed E-state index contributed by atoms with van der Waals surface area (Å²) < 4.78 is 0. The molecule has 5 heteroatoms. The smallest absolute Gasteiger partial charge is 0.323 e. The molecule has 2 N–H and O–H groups in total. The van der Waals surface area contributed by atoms with Crippen LogP contribution in [0.25, 0.3) is 0 Å². The van der Waals surface area contributed by atoms with Crippen molar-refractivity contribution in [3.05, 3.63) is 35.4 Å². The molecule has 2 aliphatic heterocycles. The molecule has 0 bridgehead atoms. The van der Waals surface area contributed by atoms with Gasteiger partial charge in [-0.1, -0.05) is 43.5 Å². The van der Waals surface area contributed by atoms with Crippen LogP contribution in [0.2, 0.25) is 0 Å². The molecule has 1 spiro atoms. The van der Waals surface area contributed by atoms with Gasteiger partial charge in [-0.3, -0.25) is 4.79 Å². The van der Waals surface area contributed by atoms with E-state index >= 15 is 0 Å². The van der Waals surface area contributed by atoms with E-state index in [0.29, 0.717) is 6.67 Å². The molecule has 1 saturated carbocycles. The minimum absolute atomic E-state index is 0.00792. The van der Waals surface area contributed by atoms with Gasteiger partial charge in [-0.05, 0) is 18.4 Å². The maximum absolute atomic E-state index is 12.8. The highest BCUT2D eigenvalue weighted by atomic mass is 16.2. The SMILES string of the molecule is O=C1NC2(CCCCC2)C(=O)N1C[NH+]1CCc2ccccc2C1. The van der Waals surface area contributed by atoms with Gasteiger partial charge in [0.15, 0.2) is 6.67 Å². The first-order chi connectivity index (χ1) is 11.2. The number of urea groups is 1. The molecule has 1 atom stereocenters. The van der Waals surface area contributed by atoms with Crippen LogP contribution in [0.3, 0.4) is 0 Å². The van der Waals surface area contributed by atoms with Gasteiger partial charge in [0, 0.05) is 12.0 Å². The van der Waals surface area contributed by atoms with Crippen LogP contribution in [0.1, 0.15) is 43.2 Å². The highest BCUT2D eigenvalue weighted by Gasteiger charge is 2.52. The number of nitrogens with one attached hydrogen (secondary N) is 2. The van der Waals surface area contributed by atoms with Crippen LogP contribution < -0.4 is 10.2 Å². The number of quaternary nitrogens is 1. The lowest BCUT2D eigenvalue weighted by molar-refractivity contribution is -0.923. The Kier molecular flexibility index (Phi) is 3.60. The molecule has 1 aromatic rings. The molecule has 122 valence electrons. The van der Waals surface area contributed by atoms with E-state index in [2.05, 4.69) is 29.6 Å². The van der Waals surface area contributed by atoms with Crippen molar-refractivity contribution in [3.8, 4) is 0 Å². The summed E-state index contributed by atoms with van der Waals surface area (Å²) in [4.78, 5) is 28.0. The number of hydrogen-bond acceptors (Lipinski definition) is 2. The molecule has 0 radical (unpaired) electrons. The Morgan fingerprint density at radius 1 is 1.09 bits per heavy atom. The Morgan fingerprint density at radius 3 is 2.61 bits per heavy atom. The first-order valence-corrected chi connectivity index (χ1v) is 8.72. The van der Waals surface area contributed by atoms with Gasteiger partial charge in [-0.15, -0.1) is 0 Å². The number of rotatable bonds is 2. The Morgan fingerprint density at radius 2 is 1.83 bits per heavy atom. The fraction of sp³-hybridized carbons (Fsp3) is 0.556. The Balaban J connectivity index is 1.47. The average molecular weight is 314 g/mol. The summed E-state index contributed by atoms with van der Waals surface area (Å²) in [5.74, 6) is 0.00792. The van der Waals surface area contributed by atoms with Crippen LogP contribution in [0, 0.1) is 0 Å². The number of carbonyl (C=O) groups is 2. The number of amides is 3. The third-order valence-electron chi connectivity index (χ3n) is 5.64. The van der Waals surface area contributed by atoms with Crippen molar-refractivity contribution in [1.82, 2.24) is 10.2 Å². The predicted octanol–water partition coefficient (Wildman–Crippen LogP) is 0.840. The molecule has 1 aromatic carbocycles. The van der Waals surface area contributed by atoms with Gasteiger partial charge in [0.2, 0.25) is 0 Å². The van der Waals surface area contributed by atoms with Crippen LogP contribution in [0.15, 0.2) is 24.3 Å². The topological polar surface area (TPSA) is 53.9 Å². The zero-order valence-electron chi connectivity index (χ0n) is 13.4. The van der Waals surface area contributed by atoms with Crippen LogP contribution in [0.5, 0.6) is 0 Å². The zero-order chi connectivity index (χ0) is 15.9. The Bertz CT molecular complexity index is 637. The predicted molar refractivity (Wildman–Crippen MR) is 85.7 cm³/mol. The zero-order valence-corrected chi connectivity index (χ0v) is 13.4. The molecule has 0 aromatic heterocycles. The number of nitrogens with zero attached hydrogens (tertiary/aromatic N) is 1. The van der Waals surface area contributed by atoms with Gasteiger partial charge in [-0.2, -0.15) is 0 Å². The van der Waals surface area contributed by atoms with Crippen LogP contribution in [-0.4, -0.2) is 35.6 Å². The molecule has 3 amide bonds. The van der Waals surface area contributed by atoms with Crippen molar-refractivity contribution in [2.45, 2.75) is 50.6 Å². The second-order valence-electron chi connectivity index (χ2n) is 7.16. The van der Waals surface area contributed by atoms with Gasteiger partial charge < -0.3 is 10.2 Å². The van der Waals surface area contributed by atoms with Crippen molar-refractivity contribution in [3.63, 3.8) is 0 Å². The van der Waals surface area contributed by atoms with E-state index in [1.54, 1.807) is 0 Å². The molecule has 3 aliphatic rings. The van der Waals surface area contributed by atoms with E-state index in [1.165, 1.54) is 27.3 Å².